The Bertz CT molecular complexity index is 304. The molecule has 0 aliphatic carbocycles. The Morgan fingerprint density at radius 1 is 1.37 bits per heavy atom. The molecular weight excluding hydrogens is 242 g/mol. The topological polar surface area (TPSA) is 58.8 Å². The van der Waals surface area contributed by atoms with Crippen LogP contribution in [0.2, 0.25) is 0 Å². The Labute approximate surface area is 116 Å². The number of rotatable bonds is 4. The smallest absolute Gasteiger partial charge is 0.245 e. The summed E-state index contributed by atoms with van der Waals surface area (Å²) in [4.78, 5) is 16.9. The zero-order chi connectivity index (χ0) is 13.9. The number of nitrogens with two attached hydrogens (primary N) is 1. The van der Waals surface area contributed by atoms with E-state index in [9.17, 15) is 4.79 Å². The van der Waals surface area contributed by atoms with Gasteiger partial charge in [0.1, 0.15) is 5.54 Å². The summed E-state index contributed by atoms with van der Waals surface area (Å²) < 4.78 is 5.29. The van der Waals surface area contributed by atoms with Crippen molar-refractivity contribution in [2.45, 2.75) is 44.7 Å². The molecule has 19 heavy (non-hydrogen) atoms. The number of hydrogen-bond acceptors (Lipinski definition) is 4. The van der Waals surface area contributed by atoms with Crippen LogP contribution in [0.25, 0.3) is 0 Å². The number of nitrogens with zero attached hydrogens (tertiary/aromatic N) is 2. The highest BCUT2D eigenvalue weighted by molar-refractivity contribution is 5.86. The second kappa shape index (κ2) is 6.20. The number of amides is 1. The van der Waals surface area contributed by atoms with Crippen LogP contribution in [0.4, 0.5) is 0 Å². The highest BCUT2D eigenvalue weighted by Gasteiger charge is 2.42. The van der Waals surface area contributed by atoms with Gasteiger partial charge in [-0.15, -0.1) is 0 Å². The van der Waals surface area contributed by atoms with Gasteiger partial charge in [-0.05, 0) is 32.4 Å². The molecule has 0 aromatic rings. The Morgan fingerprint density at radius 3 is 2.47 bits per heavy atom. The summed E-state index contributed by atoms with van der Waals surface area (Å²) >= 11 is 0. The molecule has 2 saturated heterocycles. The van der Waals surface area contributed by atoms with E-state index in [1.807, 2.05) is 4.90 Å². The van der Waals surface area contributed by atoms with Crippen LogP contribution in [-0.2, 0) is 9.53 Å². The van der Waals surface area contributed by atoms with Crippen molar-refractivity contribution in [1.29, 1.82) is 0 Å². The molecule has 1 atom stereocenters. The van der Waals surface area contributed by atoms with Crippen molar-refractivity contribution in [3.05, 3.63) is 0 Å². The van der Waals surface area contributed by atoms with Gasteiger partial charge in [0.05, 0.1) is 6.61 Å². The average molecular weight is 269 g/mol. The maximum absolute atomic E-state index is 12.4. The van der Waals surface area contributed by atoms with E-state index in [2.05, 4.69) is 18.7 Å². The minimum absolute atomic E-state index is 0.0861. The minimum Gasteiger partial charge on any atom is -0.379 e. The Balaban J connectivity index is 1.87. The predicted molar refractivity (Wildman–Crippen MR) is 74.9 cm³/mol. The predicted octanol–water partition coefficient (Wildman–Crippen LogP) is 0.437. The molecule has 2 fully saturated rings. The summed E-state index contributed by atoms with van der Waals surface area (Å²) in [6.45, 7) is 9.23. The first-order valence-electron chi connectivity index (χ1n) is 7.50. The average Bonchev–Trinajstić information content (AvgIpc) is 2.88. The molecule has 0 spiro atoms. The number of hydrogen-bond donors (Lipinski definition) is 1. The van der Waals surface area contributed by atoms with Crippen LogP contribution < -0.4 is 5.73 Å². The number of piperidine rings is 1. The SMILES string of the molecule is CCN(CC)C1CCN(C(=O)C2(N)CCOC2)CC1. The van der Waals surface area contributed by atoms with Gasteiger partial charge in [-0.2, -0.15) is 0 Å². The lowest BCUT2D eigenvalue weighted by atomic mass is 9.95. The van der Waals surface area contributed by atoms with Crippen LogP contribution >= 0.6 is 0 Å². The summed E-state index contributed by atoms with van der Waals surface area (Å²) in [6, 6.07) is 0.618. The van der Waals surface area contributed by atoms with Crippen LogP contribution in [-0.4, -0.2) is 66.7 Å². The second-order valence-corrected chi connectivity index (χ2v) is 5.70. The molecule has 2 aliphatic heterocycles. The first-order valence-corrected chi connectivity index (χ1v) is 7.50. The molecule has 2 rings (SSSR count). The molecular formula is C14H27N3O2. The largest absolute Gasteiger partial charge is 0.379 e. The van der Waals surface area contributed by atoms with Crippen LogP contribution in [0.5, 0.6) is 0 Å². The third-order valence-corrected chi connectivity index (χ3v) is 4.56. The minimum atomic E-state index is -0.762. The standard InChI is InChI=1S/C14H27N3O2/c1-3-16(4-2)12-5-8-17(9-6-12)13(18)14(15)7-10-19-11-14/h12H,3-11,15H2,1-2H3. The molecule has 2 N–H and O–H groups in total. The Kier molecular flexibility index (Phi) is 4.81. The lowest BCUT2D eigenvalue weighted by Gasteiger charge is -2.39. The van der Waals surface area contributed by atoms with Crippen molar-refractivity contribution in [3.8, 4) is 0 Å². The number of carbonyl (C=O) groups excluding carboxylic acids is 1. The lowest BCUT2D eigenvalue weighted by Crippen LogP contribution is -2.58. The van der Waals surface area contributed by atoms with Gasteiger partial charge in [0, 0.05) is 25.7 Å². The van der Waals surface area contributed by atoms with Crippen molar-refractivity contribution >= 4 is 5.91 Å². The molecule has 1 unspecified atom stereocenters. The maximum atomic E-state index is 12.4. The number of ether oxygens (including phenoxy) is 1. The quantitative estimate of drug-likeness (QED) is 0.804. The monoisotopic (exact) mass is 269 g/mol. The highest BCUT2D eigenvalue weighted by atomic mass is 16.5. The van der Waals surface area contributed by atoms with Gasteiger partial charge >= 0.3 is 0 Å². The first kappa shape index (κ1) is 14.8. The van der Waals surface area contributed by atoms with Gasteiger partial charge in [0.25, 0.3) is 0 Å². The van der Waals surface area contributed by atoms with Gasteiger partial charge in [0.2, 0.25) is 5.91 Å². The normalized spacial score (nSPS) is 29.2. The van der Waals surface area contributed by atoms with E-state index in [4.69, 9.17) is 10.5 Å². The van der Waals surface area contributed by atoms with Crippen LogP contribution in [0.15, 0.2) is 0 Å². The van der Waals surface area contributed by atoms with Gasteiger partial charge in [-0.25, -0.2) is 0 Å². The van der Waals surface area contributed by atoms with Crippen LogP contribution in [0.3, 0.4) is 0 Å². The Hall–Kier alpha value is -0.650. The van der Waals surface area contributed by atoms with Crippen molar-refractivity contribution in [2.24, 2.45) is 5.73 Å². The van der Waals surface area contributed by atoms with Crippen LogP contribution in [0, 0.1) is 0 Å². The molecule has 1 amide bonds. The zero-order valence-electron chi connectivity index (χ0n) is 12.2. The fourth-order valence-electron chi connectivity index (χ4n) is 3.24. The third-order valence-electron chi connectivity index (χ3n) is 4.56. The molecule has 0 aromatic carbocycles. The fourth-order valence-corrected chi connectivity index (χ4v) is 3.24. The van der Waals surface area contributed by atoms with Crippen molar-refractivity contribution in [3.63, 3.8) is 0 Å². The van der Waals surface area contributed by atoms with E-state index >= 15 is 0 Å². The van der Waals surface area contributed by atoms with E-state index < -0.39 is 5.54 Å². The summed E-state index contributed by atoms with van der Waals surface area (Å²) in [7, 11) is 0. The van der Waals surface area contributed by atoms with E-state index in [0.29, 0.717) is 25.7 Å². The molecule has 110 valence electrons. The van der Waals surface area contributed by atoms with E-state index in [1.54, 1.807) is 0 Å². The number of likely N-dealkylation sites (tertiary alicyclic amines) is 1. The van der Waals surface area contributed by atoms with Crippen molar-refractivity contribution < 1.29 is 9.53 Å². The van der Waals surface area contributed by atoms with Gasteiger partial charge < -0.3 is 20.3 Å². The van der Waals surface area contributed by atoms with Crippen molar-refractivity contribution in [1.82, 2.24) is 9.80 Å². The molecule has 0 bridgehead atoms. The molecule has 2 aliphatic rings. The van der Waals surface area contributed by atoms with E-state index in [-0.39, 0.29) is 5.91 Å². The van der Waals surface area contributed by atoms with E-state index in [0.717, 1.165) is 39.0 Å². The third kappa shape index (κ3) is 3.09. The van der Waals surface area contributed by atoms with Crippen molar-refractivity contribution in [2.75, 3.05) is 39.4 Å². The fraction of sp³-hybridized carbons (Fsp3) is 0.929. The summed E-state index contributed by atoms with van der Waals surface area (Å²) in [5, 5.41) is 0. The summed E-state index contributed by atoms with van der Waals surface area (Å²) in [5.74, 6) is 0.0861. The molecule has 0 radical (unpaired) electrons. The summed E-state index contributed by atoms with van der Waals surface area (Å²) in [5.41, 5.74) is 5.39. The van der Waals surface area contributed by atoms with Gasteiger partial charge in [-0.1, -0.05) is 13.8 Å². The van der Waals surface area contributed by atoms with Gasteiger partial charge in [0.15, 0.2) is 0 Å². The first-order chi connectivity index (χ1) is 9.10. The zero-order valence-corrected chi connectivity index (χ0v) is 12.2. The summed E-state index contributed by atoms with van der Waals surface area (Å²) in [6.07, 6.45) is 2.77. The second-order valence-electron chi connectivity index (χ2n) is 5.70. The highest BCUT2D eigenvalue weighted by Crippen LogP contribution is 2.22. The molecule has 0 aromatic heterocycles. The Morgan fingerprint density at radius 2 is 2.00 bits per heavy atom. The maximum Gasteiger partial charge on any atom is 0.245 e. The van der Waals surface area contributed by atoms with Gasteiger partial charge in [-0.3, -0.25) is 4.79 Å². The number of carbonyl (C=O) groups is 1. The van der Waals surface area contributed by atoms with Crippen LogP contribution in [0.1, 0.15) is 33.1 Å². The molecule has 0 saturated carbocycles. The molecule has 5 nitrogen and oxygen atoms in total. The molecule has 5 heteroatoms. The van der Waals surface area contributed by atoms with E-state index in [1.165, 1.54) is 0 Å². The molecule has 2 heterocycles. The lowest BCUT2D eigenvalue weighted by molar-refractivity contribution is -0.138.